The van der Waals surface area contributed by atoms with Crippen molar-refractivity contribution in [1.29, 1.82) is 0 Å². The number of phenols is 1. The summed E-state index contributed by atoms with van der Waals surface area (Å²) in [5.41, 5.74) is -0.564. The van der Waals surface area contributed by atoms with Crippen LogP contribution in [0.25, 0.3) is 0 Å². The van der Waals surface area contributed by atoms with E-state index in [-0.39, 0.29) is 30.5 Å². The van der Waals surface area contributed by atoms with Gasteiger partial charge in [0, 0.05) is 26.2 Å². The Balaban J connectivity index is 1.90. The third-order valence-electron chi connectivity index (χ3n) is 5.90. The van der Waals surface area contributed by atoms with Gasteiger partial charge >= 0.3 is 6.09 Å². The molecule has 1 aliphatic heterocycles. The van der Waals surface area contributed by atoms with E-state index >= 15 is 0 Å². The standard InChI is InChI=1S/C20H28N2O6/c1-28-16-13-14(5-6-15(16)23)17(20(27)7-3-2-4-8-20)18(24)21-9-11-22(12-10-21)19(25)26/h5-6,13,17,23,27H,2-4,7-12H2,1H3,(H,25,26). The number of benzene rings is 1. The van der Waals surface area contributed by atoms with Crippen molar-refractivity contribution in [2.45, 2.75) is 43.6 Å². The molecular formula is C20H28N2O6. The first kappa shape index (κ1) is 20.3. The second-order valence-corrected chi connectivity index (χ2v) is 7.62. The van der Waals surface area contributed by atoms with Crippen LogP contribution in [0.2, 0.25) is 0 Å². The first-order chi connectivity index (χ1) is 13.4. The van der Waals surface area contributed by atoms with Crippen LogP contribution in [-0.2, 0) is 4.79 Å². The van der Waals surface area contributed by atoms with Crippen molar-refractivity contribution in [3.8, 4) is 11.5 Å². The minimum atomic E-state index is -1.17. The molecule has 28 heavy (non-hydrogen) atoms. The van der Waals surface area contributed by atoms with Gasteiger partial charge in [0.25, 0.3) is 0 Å². The van der Waals surface area contributed by atoms with E-state index in [1.807, 2.05) is 0 Å². The number of hydrogen-bond acceptors (Lipinski definition) is 5. The Morgan fingerprint density at radius 2 is 1.68 bits per heavy atom. The van der Waals surface area contributed by atoms with Crippen LogP contribution in [0.15, 0.2) is 18.2 Å². The van der Waals surface area contributed by atoms with Crippen molar-refractivity contribution in [3.63, 3.8) is 0 Å². The number of carbonyl (C=O) groups excluding carboxylic acids is 1. The molecule has 2 amide bonds. The monoisotopic (exact) mass is 392 g/mol. The van der Waals surface area contributed by atoms with E-state index in [0.29, 0.717) is 31.5 Å². The maximum atomic E-state index is 13.5. The fraction of sp³-hybridized carbons (Fsp3) is 0.600. The van der Waals surface area contributed by atoms with Crippen molar-refractivity contribution in [3.05, 3.63) is 23.8 Å². The molecule has 1 aromatic rings. The number of aromatic hydroxyl groups is 1. The smallest absolute Gasteiger partial charge is 0.407 e. The van der Waals surface area contributed by atoms with Crippen LogP contribution in [0.5, 0.6) is 11.5 Å². The molecule has 1 unspecified atom stereocenters. The van der Waals surface area contributed by atoms with Crippen LogP contribution in [0, 0.1) is 0 Å². The summed E-state index contributed by atoms with van der Waals surface area (Å²) >= 11 is 0. The Morgan fingerprint density at radius 1 is 1.07 bits per heavy atom. The topological polar surface area (TPSA) is 111 Å². The van der Waals surface area contributed by atoms with Gasteiger partial charge in [-0.1, -0.05) is 25.3 Å². The molecule has 3 rings (SSSR count). The number of methoxy groups -OCH3 is 1. The Morgan fingerprint density at radius 3 is 2.25 bits per heavy atom. The highest BCUT2D eigenvalue weighted by atomic mass is 16.5. The Bertz CT molecular complexity index is 723. The maximum absolute atomic E-state index is 13.5. The number of amides is 2. The zero-order chi connectivity index (χ0) is 20.3. The third kappa shape index (κ3) is 4.01. The number of aliphatic hydroxyl groups is 1. The Labute approximate surface area is 164 Å². The maximum Gasteiger partial charge on any atom is 0.407 e. The molecule has 1 aromatic carbocycles. The molecule has 1 saturated heterocycles. The predicted octanol–water partition coefficient (Wildman–Crippen LogP) is 2.00. The minimum absolute atomic E-state index is 0.0249. The molecule has 1 saturated carbocycles. The highest BCUT2D eigenvalue weighted by molar-refractivity contribution is 5.86. The van der Waals surface area contributed by atoms with Gasteiger partial charge < -0.3 is 29.9 Å². The van der Waals surface area contributed by atoms with E-state index < -0.39 is 17.6 Å². The molecule has 1 atom stereocenters. The van der Waals surface area contributed by atoms with Crippen LogP contribution in [0.3, 0.4) is 0 Å². The fourth-order valence-electron chi connectivity index (χ4n) is 4.31. The number of ether oxygens (including phenoxy) is 1. The van der Waals surface area contributed by atoms with Crippen molar-refractivity contribution in [1.82, 2.24) is 9.80 Å². The van der Waals surface area contributed by atoms with E-state index in [0.717, 1.165) is 19.3 Å². The molecule has 2 fully saturated rings. The van der Waals surface area contributed by atoms with E-state index in [1.54, 1.807) is 17.0 Å². The molecule has 8 heteroatoms. The van der Waals surface area contributed by atoms with Gasteiger partial charge in [0.15, 0.2) is 11.5 Å². The molecule has 8 nitrogen and oxygen atoms in total. The molecule has 1 aliphatic carbocycles. The Hall–Kier alpha value is -2.48. The number of carboxylic acid groups (broad SMARTS) is 1. The van der Waals surface area contributed by atoms with Gasteiger partial charge in [-0.05, 0) is 30.5 Å². The third-order valence-corrected chi connectivity index (χ3v) is 5.90. The zero-order valence-corrected chi connectivity index (χ0v) is 16.1. The molecule has 0 radical (unpaired) electrons. The highest BCUT2D eigenvalue weighted by Crippen LogP contribution is 2.43. The lowest BCUT2D eigenvalue weighted by Gasteiger charge is -2.42. The highest BCUT2D eigenvalue weighted by Gasteiger charge is 2.45. The predicted molar refractivity (Wildman–Crippen MR) is 102 cm³/mol. The van der Waals surface area contributed by atoms with E-state index in [4.69, 9.17) is 9.84 Å². The van der Waals surface area contributed by atoms with E-state index in [9.17, 15) is 19.8 Å². The average molecular weight is 392 g/mol. The van der Waals surface area contributed by atoms with E-state index in [2.05, 4.69) is 0 Å². The summed E-state index contributed by atoms with van der Waals surface area (Å²) in [6.45, 7) is 1.11. The summed E-state index contributed by atoms with van der Waals surface area (Å²) in [4.78, 5) is 27.5. The summed E-state index contributed by atoms with van der Waals surface area (Å²) in [6, 6.07) is 4.74. The molecule has 0 aromatic heterocycles. The lowest BCUT2D eigenvalue weighted by atomic mass is 9.72. The fourth-order valence-corrected chi connectivity index (χ4v) is 4.31. The summed E-state index contributed by atoms with van der Waals surface area (Å²) in [5.74, 6) is -0.755. The van der Waals surface area contributed by atoms with Gasteiger partial charge in [0.1, 0.15) is 0 Å². The van der Waals surface area contributed by atoms with Crippen molar-refractivity contribution in [2.75, 3.05) is 33.3 Å². The van der Waals surface area contributed by atoms with Crippen LogP contribution >= 0.6 is 0 Å². The number of carbonyl (C=O) groups is 2. The lowest BCUT2D eigenvalue weighted by Crippen LogP contribution is -2.54. The zero-order valence-electron chi connectivity index (χ0n) is 16.1. The summed E-state index contributed by atoms with van der Waals surface area (Å²) in [6.07, 6.45) is 2.80. The molecule has 154 valence electrons. The van der Waals surface area contributed by atoms with Crippen LogP contribution in [-0.4, -0.2) is 76.0 Å². The Kier molecular flexibility index (Phi) is 5.98. The van der Waals surface area contributed by atoms with Crippen LogP contribution in [0.4, 0.5) is 4.79 Å². The molecule has 1 heterocycles. The van der Waals surface area contributed by atoms with Gasteiger partial charge in [-0.25, -0.2) is 4.79 Å². The largest absolute Gasteiger partial charge is 0.504 e. The number of rotatable bonds is 4. The molecule has 2 aliphatic rings. The molecular weight excluding hydrogens is 364 g/mol. The van der Waals surface area contributed by atoms with Gasteiger partial charge in [-0.15, -0.1) is 0 Å². The van der Waals surface area contributed by atoms with Crippen LogP contribution in [0.1, 0.15) is 43.6 Å². The average Bonchev–Trinajstić information content (AvgIpc) is 2.69. The second-order valence-electron chi connectivity index (χ2n) is 7.62. The number of piperazine rings is 1. The summed E-state index contributed by atoms with van der Waals surface area (Å²) in [7, 11) is 1.44. The van der Waals surface area contributed by atoms with Crippen molar-refractivity contribution in [2.24, 2.45) is 0 Å². The lowest BCUT2D eigenvalue weighted by molar-refractivity contribution is -0.143. The first-order valence-corrected chi connectivity index (χ1v) is 9.71. The molecule has 3 N–H and O–H groups in total. The number of phenolic OH excluding ortho intramolecular Hbond substituents is 1. The van der Waals surface area contributed by atoms with Crippen molar-refractivity contribution >= 4 is 12.0 Å². The normalized spacial score (nSPS) is 20.5. The summed E-state index contributed by atoms with van der Waals surface area (Å²) in [5, 5.41) is 30.4. The first-order valence-electron chi connectivity index (χ1n) is 9.71. The van der Waals surface area contributed by atoms with E-state index in [1.165, 1.54) is 18.1 Å². The second kappa shape index (κ2) is 8.26. The van der Waals surface area contributed by atoms with Gasteiger partial charge in [-0.3, -0.25) is 4.79 Å². The number of hydrogen-bond donors (Lipinski definition) is 3. The molecule has 0 spiro atoms. The number of nitrogens with zero attached hydrogens (tertiary/aromatic N) is 2. The SMILES string of the molecule is COc1cc(C(C(=O)N2CCN(C(=O)O)CC2)C2(O)CCCCC2)ccc1O. The molecule has 0 bridgehead atoms. The quantitative estimate of drug-likeness (QED) is 0.723. The van der Waals surface area contributed by atoms with Crippen LogP contribution < -0.4 is 4.74 Å². The minimum Gasteiger partial charge on any atom is -0.504 e. The van der Waals surface area contributed by atoms with Gasteiger partial charge in [0.05, 0.1) is 18.6 Å². The van der Waals surface area contributed by atoms with Gasteiger partial charge in [-0.2, -0.15) is 0 Å². The van der Waals surface area contributed by atoms with Gasteiger partial charge in [0.2, 0.25) is 5.91 Å². The summed E-state index contributed by atoms with van der Waals surface area (Å²) < 4.78 is 5.19. The van der Waals surface area contributed by atoms with Crippen molar-refractivity contribution < 1.29 is 29.6 Å².